The van der Waals surface area contributed by atoms with Crippen LogP contribution in [-0.4, -0.2) is 52.7 Å². The first-order valence-corrected chi connectivity index (χ1v) is 7.26. The summed E-state index contributed by atoms with van der Waals surface area (Å²) in [4.78, 5) is 36.4. The van der Waals surface area contributed by atoms with Crippen LogP contribution in [0.5, 0.6) is 5.75 Å². The number of carbonyl (C=O) groups is 3. The number of hydrogen-bond donors (Lipinski definition) is 2. The third kappa shape index (κ3) is 3.44. The second kappa shape index (κ2) is 6.68. The van der Waals surface area contributed by atoms with Gasteiger partial charge in [0.05, 0.1) is 13.0 Å². The first kappa shape index (κ1) is 16.8. The number of rotatable bonds is 4. The summed E-state index contributed by atoms with van der Waals surface area (Å²) in [6, 6.07) is 3.83. The summed E-state index contributed by atoms with van der Waals surface area (Å²) in [5.41, 5.74) is 1.13. The number of aliphatic carboxylic acids is 2. The van der Waals surface area contributed by atoms with Crippen molar-refractivity contribution in [1.29, 1.82) is 0 Å². The van der Waals surface area contributed by atoms with E-state index < -0.39 is 29.8 Å². The summed E-state index contributed by atoms with van der Waals surface area (Å²) in [7, 11) is 1.48. The van der Waals surface area contributed by atoms with Gasteiger partial charge in [-0.3, -0.25) is 9.59 Å². The van der Waals surface area contributed by atoms with Gasteiger partial charge in [0.25, 0.3) is 5.91 Å². The highest BCUT2D eigenvalue weighted by Crippen LogP contribution is 2.26. The zero-order chi connectivity index (χ0) is 17.1. The fourth-order valence-electron chi connectivity index (χ4n) is 2.77. The van der Waals surface area contributed by atoms with E-state index in [2.05, 4.69) is 0 Å². The van der Waals surface area contributed by atoms with E-state index in [1.807, 2.05) is 6.92 Å². The smallest absolute Gasteiger partial charge is 0.326 e. The number of benzene rings is 1. The molecule has 1 heterocycles. The van der Waals surface area contributed by atoms with Crippen molar-refractivity contribution in [3.8, 4) is 5.75 Å². The van der Waals surface area contributed by atoms with E-state index >= 15 is 0 Å². The number of carboxylic acids is 2. The number of nitrogens with zero attached hydrogens (tertiary/aromatic N) is 1. The van der Waals surface area contributed by atoms with E-state index in [0.29, 0.717) is 5.75 Å². The molecule has 0 radical (unpaired) electrons. The minimum Gasteiger partial charge on any atom is -0.496 e. The molecule has 7 nitrogen and oxygen atoms in total. The largest absolute Gasteiger partial charge is 0.496 e. The molecule has 1 amide bonds. The van der Waals surface area contributed by atoms with Crippen molar-refractivity contribution in [2.45, 2.75) is 25.8 Å². The Bertz CT molecular complexity index is 641. The highest BCUT2D eigenvalue weighted by Gasteiger charge is 2.38. The Balaban J connectivity index is 2.32. The quantitative estimate of drug-likeness (QED) is 0.868. The highest BCUT2D eigenvalue weighted by atomic mass is 16.5. The molecule has 2 N–H and O–H groups in total. The van der Waals surface area contributed by atoms with E-state index in [4.69, 9.17) is 9.84 Å². The average Bonchev–Trinajstić information content (AvgIpc) is 2.53. The number of aryl methyl sites for hydroxylation is 1. The Labute approximate surface area is 133 Å². The van der Waals surface area contributed by atoms with Gasteiger partial charge in [0.15, 0.2) is 0 Å². The number of carboxylic acid groups (broad SMARTS) is 2. The van der Waals surface area contributed by atoms with Crippen molar-refractivity contribution in [3.63, 3.8) is 0 Å². The van der Waals surface area contributed by atoms with Crippen LogP contribution in [0.1, 0.15) is 28.8 Å². The number of methoxy groups -OCH3 is 1. The van der Waals surface area contributed by atoms with Gasteiger partial charge in [-0.05, 0) is 37.5 Å². The monoisotopic (exact) mass is 321 g/mol. The molecule has 0 saturated carbocycles. The summed E-state index contributed by atoms with van der Waals surface area (Å²) in [5.74, 6) is -2.87. The third-order valence-corrected chi connectivity index (χ3v) is 4.13. The summed E-state index contributed by atoms with van der Waals surface area (Å²) in [5, 5.41) is 18.5. The lowest BCUT2D eigenvalue weighted by Gasteiger charge is -2.36. The van der Waals surface area contributed by atoms with E-state index in [1.165, 1.54) is 7.11 Å². The van der Waals surface area contributed by atoms with Crippen molar-refractivity contribution in [2.24, 2.45) is 5.92 Å². The van der Waals surface area contributed by atoms with Crippen LogP contribution < -0.4 is 4.74 Å². The molecule has 2 rings (SSSR count). The molecule has 1 aromatic carbocycles. The van der Waals surface area contributed by atoms with E-state index in [1.54, 1.807) is 18.2 Å². The van der Waals surface area contributed by atoms with Crippen LogP contribution in [0, 0.1) is 12.8 Å². The molecule has 1 saturated heterocycles. The summed E-state index contributed by atoms with van der Waals surface area (Å²) >= 11 is 0. The van der Waals surface area contributed by atoms with Gasteiger partial charge in [-0.2, -0.15) is 0 Å². The standard InChI is InChI=1S/C16H19NO6/c1-9-3-4-10(7-13(9)23-2)14(18)17-8-11(15(19)20)5-6-12(17)16(21)22/h3-4,7,11-12H,5-6,8H2,1-2H3,(H,19,20)(H,21,22)/t11-,12-/m1/s1. The van der Waals surface area contributed by atoms with Crippen molar-refractivity contribution >= 4 is 17.8 Å². The Morgan fingerprint density at radius 1 is 1.17 bits per heavy atom. The predicted molar refractivity (Wildman–Crippen MR) is 80.6 cm³/mol. The summed E-state index contributed by atoms with van der Waals surface area (Å²) in [6.45, 7) is 1.72. The number of carbonyl (C=O) groups excluding carboxylic acids is 1. The van der Waals surface area contributed by atoms with Crippen LogP contribution in [0.4, 0.5) is 0 Å². The first-order chi connectivity index (χ1) is 10.8. The van der Waals surface area contributed by atoms with Crippen LogP contribution in [0.3, 0.4) is 0 Å². The van der Waals surface area contributed by atoms with Gasteiger partial charge in [0.1, 0.15) is 11.8 Å². The molecule has 124 valence electrons. The molecule has 23 heavy (non-hydrogen) atoms. The van der Waals surface area contributed by atoms with E-state index in [-0.39, 0.29) is 24.9 Å². The van der Waals surface area contributed by atoms with Gasteiger partial charge in [-0.1, -0.05) is 6.07 Å². The maximum atomic E-state index is 12.7. The Morgan fingerprint density at radius 3 is 2.43 bits per heavy atom. The minimum atomic E-state index is -1.12. The molecule has 2 atom stereocenters. The summed E-state index contributed by atoms with van der Waals surface area (Å²) in [6.07, 6.45) is 0.369. The first-order valence-electron chi connectivity index (χ1n) is 7.26. The number of piperidine rings is 1. The van der Waals surface area contributed by atoms with Crippen LogP contribution in [0.2, 0.25) is 0 Å². The average molecular weight is 321 g/mol. The highest BCUT2D eigenvalue weighted by molar-refractivity contribution is 5.97. The molecular weight excluding hydrogens is 302 g/mol. The Hall–Kier alpha value is -2.57. The van der Waals surface area contributed by atoms with Crippen molar-refractivity contribution in [1.82, 2.24) is 4.90 Å². The fraction of sp³-hybridized carbons (Fsp3) is 0.438. The summed E-state index contributed by atoms with van der Waals surface area (Å²) < 4.78 is 5.18. The van der Waals surface area contributed by atoms with Gasteiger partial charge >= 0.3 is 11.9 Å². The van der Waals surface area contributed by atoms with Gasteiger partial charge in [-0.25, -0.2) is 4.79 Å². The maximum Gasteiger partial charge on any atom is 0.326 e. The molecule has 7 heteroatoms. The number of likely N-dealkylation sites (tertiary alicyclic amines) is 1. The Morgan fingerprint density at radius 2 is 1.87 bits per heavy atom. The van der Waals surface area contributed by atoms with Crippen molar-refractivity contribution < 1.29 is 29.3 Å². The lowest BCUT2D eigenvalue weighted by atomic mass is 9.92. The van der Waals surface area contributed by atoms with Gasteiger partial charge in [0, 0.05) is 12.1 Å². The van der Waals surface area contributed by atoms with Gasteiger partial charge in [0.2, 0.25) is 0 Å². The normalized spacial score (nSPS) is 20.9. The zero-order valence-corrected chi connectivity index (χ0v) is 13.0. The molecule has 0 spiro atoms. The van der Waals surface area contributed by atoms with Crippen LogP contribution in [0.15, 0.2) is 18.2 Å². The van der Waals surface area contributed by atoms with Crippen LogP contribution >= 0.6 is 0 Å². The van der Waals surface area contributed by atoms with E-state index in [0.717, 1.165) is 10.5 Å². The number of hydrogen-bond acceptors (Lipinski definition) is 4. The molecule has 1 aliphatic heterocycles. The molecule has 0 aromatic heterocycles. The molecule has 1 fully saturated rings. The fourth-order valence-corrected chi connectivity index (χ4v) is 2.77. The lowest BCUT2D eigenvalue weighted by molar-refractivity contribution is -0.150. The number of ether oxygens (including phenoxy) is 1. The molecular formula is C16H19NO6. The number of amides is 1. The topological polar surface area (TPSA) is 104 Å². The second-order valence-corrected chi connectivity index (χ2v) is 5.61. The van der Waals surface area contributed by atoms with E-state index in [9.17, 15) is 19.5 Å². The molecule has 1 aromatic rings. The van der Waals surface area contributed by atoms with Crippen LogP contribution in [0.25, 0.3) is 0 Å². The van der Waals surface area contributed by atoms with Crippen LogP contribution in [-0.2, 0) is 9.59 Å². The third-order valence-electron chi connectivity index (χ3n) is 4.13. The van der Waals surface area contributed by atoms with Crippen molar-refractivity contribution in [3.05, 3.63) is 29.3 Å². The lowest BCUT2D eigenvalue weighted by Crippen LogP contribution is -2.52. The maximum absolute atomic E-state index is 12.7. The SMILES string of the molecule is COc1cc(C(=O)N2C[C@H](C(=O)O)CC[C@@H]2C(=O)O)ccc1C. The van der Waals surface area contributed by atoms with Crippen molar-refractivity contribution in [2.75, 3.05) is 13.7 Å². The Kier molecular flexibility index (Phi) is 4.88. The molecule has 0 bridgehead atoms. The predicted octanol–water partition coefficient (Wildman–Crippen LogP) is 1.39. The minimum absolute atomic E-state index is 0.110. The van der Waals surface area contributed by atoms with Gasteiger partial charge < -0.3 is 19.8 Å². The molecule has 0 aliphatic carbocycles. The van der Waals surface area contributed by atoms with Gasteiger partial charge in [-0.15, -0.1) is 0 Å². The second-order valence-electron chi connectivity index (χ2n) is 5.61. The zero-order valence-electron chi connectivity index (χ0n) is 13.0. The molecule has 1 aliphatic rings. The molecule has 0 unspecified atom stereocenters.